The van der Waals surface area contributed by atoms with Gasteiger partial charge in [-0.1, -0.05) is 18.2 Å². The van der Waals surface area contributed by atoms with Crippen LogP contribution in [-0.2, 0) is 12.6 Å². The van der Waals surface area contributed by atoms with Gasteiger partial charge in [-0.2, -0.15) is 13.2 Å². The summed E-state index contributed by atoms with van der Waals surface area (Å²) in [6.45, 7) is 0. The molecule has 112 valence electrons. The largest absolute Gasteiger partial charge is 0.416 e. The van der Waals surface area contributed by atoms with Gasteiger partial charge in [-0.05, 0) is 24.1 Å². The second-order valence-corrected chi connectivity index (χ2v) is 4.63. The molecular weight excluding hydrogens is 281 g/mol. The van der Waals surface area contributed by atoms with Crippen molar-refractivity contribution >= 4 is 5.69 Å². The van der Waals surface area contributed by atoms with Gasteiger partial charge in [-0.3, -0.25) is 16.3 Å². The van der Waals surface area contributed by atoms with Gasteiger partial charge in [-0.15, -0.1) is 0 Å². The van der Waals surface area contributed by atoms with Gasteiger partial charge in [-0.25, -0.2) is 0 Å². The van der Waals surface area contributed by atoms with E-state index in [1.165, 1.54) is 12.3 Å². The van der Waals surface area contributed by atoms with Crippen molar-refractivity contribution in [1.82, 2.24) is 10.4 Å². The molecule has 0 aliphatic heterocycles. The van der Waals surface area contributed by atoms with Crippen LogP contribution in [0.5, 0.6) is 0 Å². The van der Waals surface area contributed by atoms with Crippen LogP contribution in [0.25, 0.3) is 0 Å². The molecule has 1 aromatic heterocycles. The number of rotatable bonds is 4. The number of aromatic nitrogens is 1. The molecule has 7 heteroatoms. The van der Waals surface area contributed by atoms with Crippen molar-refractivity contribution in [3.63, 3.8) is 0 Å². The van der Waals surface area contributed by atoms with Crippen molar-refractivity contribution in [2.45, 2.75) is 18.6 Å². The highest BCUT2D eigenvalue weighted by molar-refractivity contribution is 5.46. The number of halogens is 3. The first-order valence-electron chi connectivity index (χ1n) is 6.23. The molecule has 0 saturated heterocycles. The van der Waals surface area contributed by atoms with E-state index in [2.05, 4.69) is 10.4 Å². The van der Waals surface area contributed by atoms with Crippen molar-refractivity contribution < 1.29 is 13.2 Å². The Balaban J connectivity index is 2.26. The average Bonchev–Trinajstić information content (AvgIpc) is 2.45. The van der Waals surface area contributed by atoms with Crippen LogP contribution in [0.1, 0.15) is 22.7 Å². The number of hydrazine groups is 1. The number of alkyl halides is 3. The molecule has 21 heavy (non-hydrogen) atoms. The highest BCUT2D eigenvalue weighted by Crippen LogP contribution is 2.30. The Morgan fingerprint density at radius 2 is 2.00 bits per heavy atom. The van der Waals surface area contributed by atoms with E-state index in [1.54, 1.807) is 18.3 Å². The van der Waals surface area contributed by atoms with E-state index in [-0.39, 0.29) is 6.42 Å². The maximum Gasteiger partial charge on any atom is 0.416 e. The van der Waals surface area contributed by atoms with Gasteiger partial charge in [0.25, 0.3) is 0 Å². The second-order valence-electron chi connectivity index (χ2n) is 4.63. The number of nitrogen functional groups attached to an aromatic ring is 1. The normalized spacial score (nSPS) is 13.1. The molecule has 2 aromatic rings. The molecule has 0 bridgehead atoms. The van der Waals surface area contributed by atoms with E-state index in [4.69, 9.17) is 11.6 Å². The number of hydrogen-bond donors (Lipinski definition) is 3. The lowest BCUT2D eigenvalue weighted by molar-refractivity contribution is -0.137. The first-order valence-corrected chi connectivity index (χ1v) is 6.23. The van der Waals surface area contributed by atoms with Crippen LogP contribution in [0.2, 0.25) is 0 Å². The molecule has 0 amide bonds. The number of pyridine rings is 1. The molecule has 2 rings (SSSR count). The lowest BCUT2D eigenvalue weighted by atomic mass is 9.98. The summed E-state index contributed by atoms with van der Waals surface area (Å²) in [7, 11) is 0. The van der Waals surface area contributed by atoms with Crippen LogP contribution < -0.4 is 17.0 Å². The minimum atomic E-state index is -4.37. The zero-order chi connectivity index (χ0) is 15.5. The monoisotopic (exact) mass is 296 g/mol. The fraction of sp³-hybridized carbons (Fsp3) is 0.214. The molecule has 1 heterocycles. The molecule has 0 aliphatic carbocycles. The Bertz CT molecular complexity index is 613. The molecule has 1 aromatic carbocycles. The van der Waals surface area contributed by atoms with Gasteiger partial charge >= 0.3 is 6.18 Å². The van der Waals surface area contributed by atoms with Crippen LogP contribution in [0.3, 0.4) is 0 Å². The molecular formula is C14H15F3N4. The summed E-state index contributed by atoms with van der Waals surface area (Å²) in [6.07, 6.45) is -1.00. The smallest absolute Gasteiger partial charge is 0.398 e. The predicted molar refractivity (Wildman–Crippen MR) is 73.9 cm³/mol. The van der Waals surface area contributed by atoms with Crippen molar-refractivity contribution in [2.75, 3.05) is 5.73 Å². The number of nitrogens with two attached hydrogens (primary N) is 2. The van der Waals surface area contributed by atoms with Crippen LogP contribution in [-0.4, -0.2) is 4.98 Å². The Morgan fingerprint density at radius 3 is 2.62 bits per heavy atom. The average molecular weight is 296 g/mol. The summed E-state index contributed by atoms with van der Waals surface area (Å²) in [5.41, 5.74) is 9.36. The number of nitrogens with zero attached hydrogens (tertiary/aromatic N) is 1. The summed E-state index contributed by atoms with van der Waals surface area (Å²) < 4.78 is 38.1. The molecule has 0 fully saturated rings. The highest BCUT2D eigenvalue weighted by atomic mass is 19.4. The van der Waals surface area contributed by atoms with Crippen LogP contribution >= 0.6 is 0 Å². The molecule has 5 N–H and O–H groups in total. The van der Waals surface area contributed by atoms with Crippen LogP contribution in [0, 0.1) is 0 Å². The zero-order valence-electron chi connectivity index (χ0n) is 11.1. The van der Waals surface area contributed by atoms with Crippen LogP contribution in [0.4, 0.5) is 18.9 Å². The summed E-state index contributed by atoms with van der Waals surface area (Å²) in [5.74, 6) is 5.49. The number of nitrogens with one attached hydrogen (secondary N) is 1. The third-order valence-corrected chi connectivity index (χ3v) is 3.16. The summed E-state index contributed by atoms with van der Waals surface area (Å²) in [4.78, 5) is 3.96. The Morgan fingerprint density at radius 1 is 1.24 bits per heavy atom. The first-order chi connectivity index (χ1) is 9.91. The fourth-order valence-corrected chi connectivity index (χ4v) is 2.08. The maximum absolute atomic E-state index is 12.7. The molecule has 4 nitrogen and oxygen atoms in total. The lowest BCUT2D eigenvalue weighted by Gasteiger charge is -2.18. The number of hydrogen-bond acceptors (Lipinski definition) is 4. The third-order valence-electron chi connectivity index (χ3n) is 3.16. The third kappa shape index (κ3) is 3.71. The topological polar surface area (TPSA) is 77.0 Å². The van der Waals surface area contributed by atoms with Crippen LogP contribution in [0.15, 0.2) is 42.7 Å². The van der Waals surface area contributed by atoms with E-state index in [9.17, 15) is 13.2 Å². The number of anilines is 1. The first kappa shape index (κ1) is 15.3. The lowest BCUT2D eigenvalue weighted by Crippen LogP contribution is -2.30. The minimum absolute atomic E-state index is 0.274. The SMILES string of the molecule is NNC(Cc1cccc(C(F)(F)F)c1)c1cnccc1N. The molecule has 1 unspecified atom stereocenters. The van der Waals surface area contributed by atoms with Gasteiger partial charge in [0, 0.05) is 23.6 Å². The van der Waals surface area contributed by atoms with Gasteiger partial charge in [0.15, 0.2) is 0 Å². The van der Waals surface area contributed by atoms with Gasteiger partial charge in [0.2, 0.25) is 0 Å². The standard InChI is InChI=1S/C14H15F3N4/c15-14(16,17)10-3-1-2-9(6-10)7-13(21-19)11-8-20-5-4-12(11)18/h1-6,8,13,21H,7,19H2,(H2,18,20). The van der Waals surface area contributed by atoms with E-state index < -0.39 is 17.8 Å². The Kier molecular flexibility index (Phi) is 4.44. The Labute approximate surface area is 119 Å². The Hall–Kier alpha value is -2.12. The van der Waals surface area contributed by atoms with Crippen molar-refractivity contribution in [3.8, 4) is 0 Å². The van der Waals surface area contributed by atoms with Gasteiger partial charge in [0.05, 0.1) is 11.6 Å². The quantitative estimate of drug-likeness (QED) is 0.598. The van der Waals surface area contributed by atoms with E-state index >= 15 is 0 Å². The zero-order valence-corrected chi connectivity index (χ0v) is 11.1. The molecule has 0 saturated carbocycles. The van der Waals surface area contributed by atoms with Crippen molar-refractivity contribution in [1.29, 1.82) is 0 Å². The van der Waals surface area contributed by atoms with E-state index in [1.807, 2.05) is 0 Å². The second kappa shape index (κ2) is 6.11. The molecule has 1 atom stereocenters. The predicted octanol–water partition coefficient (Wildman–Crippen LogP) is 2.43. The van der Waals surface area contributed by atoms with Gasteiger partial charge < -0.3 is 5.73 Å². The van der Waals surface area contributed by atoms with E-state index in [0.717, 1.165) is 12.1 Å². The minimum Gasteiger partial charge on any atom is -0.398 e. The maximum atomic E-state index is 12.7. The highest BCUT2D eigenvalue weighted by Gasteiger charge is 2.30. The molecule has 0 radical (unpaired) electrons. The van der Waals surface area contributed by atoms with Gasteiger partial charge in [0.1, 0.15) is 0 Å². The summed E-state index contributed by atoms with van der Waals surface area (Å²) in [5, 5.41) is 0. The summed E-state index contributed by atoms with van der Waals surface area (Å²) in [6, 6.07) is 6.34. The fourth-order valence-electron chi connectivity index (χ4n) is 2.08. The number of benzene rings is 1. The molecule has 0 spiro atoms. The van der Waals surface area contributed by atoms with Crippen molar-refractivity contribution in [2.24, 2.45) is 5.84 Å². The molecule has 0 aliphatic rings. The van der Waals surface area contributed by atoms with E-state index in [0.29, 0.717) is 16.8 Å². The summed E-state index contributed by atoms with van der Waals surface area (Å²) >= 11 is 0. The van der Waals surface area contributed by atoms with Crippen molar-refractivity contribution in [3.05, 3.63) is 59.4 Å².